The van der Waals surface area contributed by atoms with Crippen LogP contribution in [0.3, 0.4) is 0 Å². The largest absolute Gasteiger partial charge is 0.326 e. The minimum Gasteiger partial charge on any atom is -0.326 e. The Kier molecular flexibility index (Phi) is 10.6. The number of carbonyl (C=O) groups is 4. The Morgan fingerprint density at radius 2 is 1.07 bits per heavy atom. The number of carbonyl (C=O) groups excluding carboxylic acids is 4. The van der Waals surface area contributed by atoms with Crippen LogP contribution < -0.4 is 10.6 Å². The zero-order chi connectivity index (χ0) is 30.6. The van der Waals surface area contributed by atoms with Crippen LogP contribution in [0.15, 0.2) is 46.2 Å². The average Bonchev–Trinajstić information content (AvgIpc) is 3.36. The first-order valence-electron chi connectivity index (χ1n) is 13.5. The molecule has 0 aliphatic carbocycles. The van der Waals surface area contributed by atoms with E-state index >= 15 is 0 Å². The molecule has 2 fully saturated rings. The normalized spacial score (nSPS) is 17.0. The zero-order valence-electron chi connectivity index (χ0n) is 23.9. The Hall–Kier alpha value is -3.06. The summed E-state index contributed by atoms with van der Waals surface area (Å²) in [6, 6.07) is 11.6. The first kappa shape index (κ1) is 31.9. The Labute approximate surface area is 265 Å². The summed E-state index contributed by atoms with van der Waals surface area (Å²) in [7, 11) is 0. The first-order valence-corrected chi connectivity index (χ1v) is 16.0. The minimum atomic E-state index is -0.354. The van der Waals surface area contributed by atoms with Gasteiger partial charge in [0.15, 0.2) is 0 Å². The molecular formula is C30H32N4O4S4. The van der Waals surface area contributed by atoms with Crippen LogP contribution in [0.2, 0.25) is 0 Å². The monoisotopic (exact) mass is 640 g/mol. The van der Waals surface area contributed by atoms with Crippen LogP contribution in [-0.2, 0) is 19.2 Å². The van der Waals surface area contributed by atoms with Crippen LogP contribution >= 0.6 is 48.0 Å². The number of thiocarbonyl (C=S) groups is 2. The minimum absolute atomic E-state index is 0.143. The second kappa shape index (κ2) is 13.9. The van der Waals surface area contributed by atoms with Crippen molar-refractivity contribution in [3.05, 3.63) is 68.5 Å². The molecule has 220 valence electrons. The van der Waals surface area contributed by atoms with E-state index in [1.54, 1.807) is 0 Å². The average molecular weight is 641 g/mol. The van der Waals surface area contributed by atoms with Crippen LogP contribution in [-0.4, -0.2) is 55.2 Å². The lowest BCUT2D eigenvalue weighted by atomic mass is 10.1. The first-order chi connectivity index (χ1) is 19.9. The van der Waals surface area contributed by atoms with Crippen LogP contribution in [0.5, 0.6) is 0 Å². The van der Waals surface area contributed by atoms with E-state index in [2.05, 4.69) is 10.6 Å². The van der Waals surface area contributed by atoms with Crippen LogP contribution in [0.1, 0.15) is 47.9 Å². The molecule has 2 aliphatic heterocycles. The van der Waals surface area contributed by atoms with Gasteiger partial charge in [0.2, 0.25) is 11.8 Å². The highest BCUT2D eigenvalue weighted by atomic mass is 32.2. The van der Waals surface area contributed by atoms with Gasteiger partial charge in [-0.3, -0.25) is 29.0 Å². The van der Waals surface area contributed by atoms with Crippen LogP contribution in [0, 0.1) is 27.7 Å². The van der Waals surface area contributed by atoms with E-state index in [9.17, 15) is 19.2 Å². The standard InChI is InChI=1S/C30H32N4O4S4/c1-17-9-11-21(19(3)15-17)31-23(35)7-5-13-33-27(37)25(41-29(33)39)26-28(38)34(30(40)42-26)14-6-8-24(36)32-22-12-10-18(2)16-20(22)4/h9-12,15-16H,5-8,13-14H2,1-4H3,(H,31,35)(H,32,36). The Bertz CT molecular complexity index is 1410. The van der Waals surface area contributed by atoms with Gasteiger partial charge in [-0.15, -0.1) is 0 Å². The van der Waals surface area contributed by atoms with Crippen LogP contribution in [0.25, 0.3) is 0 Å². The fraction of sp³-hybridized carbons (Fsp3) is 0.333. The van der Waals surface area contributed by atoms with Crippen molar-refractivity contribution in [1.82, 2.24) is 9.80 Å². The molecule has 0 aromatic heterocycles. The molecule has 2 N–H and O–H groups in total. The van der Waals surface area contributed by atoms with E-state index in [0.29, 0.717) is 21.5 Å². The summed E-state index contributed by atoms with van der Waals surface area (Å²) >= 11 is 13.0. The number of anilines is 2. The number of thioether (sulfide) groups is 2. The predicted molar refractivity (Wildman–Crippen MR) is 178 cm³/mol. The van der Waals surface area contributed by atoms with E-state index in [1.165, 1.54) is 9.80 Å². The second-order valence-electron chi connectivity index (χ2n) is 10.2. The topological polar surface area (TPSA) is 98.8 Å². The van der Waals surface area contributed by atoms with Gasteiger partial charge in [0.05, 0.1) is 9.81 Å². The van der Waals surface area contributed by atoms with Crippen molar-refractivity contribution in [2.45, 2.75) is 53.4 Å². The zero-order valence-corrected chi connectivity index (χ0v) is 27.1. The molecule has 0 saturated carbocycles. The summed E-state index contributed by atoms with van der Waals surface area (Å²) in [5.74, 6) is -0.992. The van der Waals surface area contributed by atoms with Gasteiger partial charge in [0, 0.05) is 37.3 Å². The summed E-state index contributed by atoms with van der Waals surface area (Å²) in [5, 5.41) is 5.82. The molecule has 0 atom stereocenters. The fourth-order valence-corrected chi connectivity index (χ4v) is 7.36. The van der Waals surface area contributed by atoms with Crippen molar-refractivity contribution >= 4 is 91.6 Å². The van der Waals surface area contributed by atoms with Crippen LogP contribution in [0.4, 0.5) is 11.4 Å². The number of hydrogen-bond donors (Lipinski definition) is 2. The van der Waals surface area contributed by atoms with E-state index in [0.717, 1.165) is 57.2 Å². The van der Waals surface area contributed by atoms with Crippen molar-refractivity contribution in [3.8, 4) is 0 Å². The molecule has 2 saturated heterocycles. The third kappa shape index (κ3) is 7.66. The lowest BCUT2D eigenvalue weighted by Gasteiger charge is -2.15. The number of nitrogens with zero attached hydrogens (tertiary/aromatic N) is 2. The number of rotatable bonds is 10. The SMILES string of the molecule is Cc1ccc(NC(=O)CCCN2C(=O)C(=C3SC(=S)N(CCCC(=O)Nc4ccc(C)cc4C)C3=O)SC2=S)c(C)c1. The maximum atomic E-state index is 13.2. The summed E-state index contributed by atoms with van der Waals surface area (Å²) < 4.78 is 0.691. The maximum Gasteiger partial charge on any atom is 0.267 e. The molecule has 42 heavy (non-hydrogen) atoms. The molecule has 4 amide bonds. The molecule has 8 nitrogen and oxygen atoms in total. The van der Waals surface area contributed by atoms with Gasteiger partial charge in [-0.2, -0.15) is 0 Å². The number of aryl methyl sites for hydroxylation is 4. The molecule has 4 rings (SSSR count). The molecule has 0 spiro atoms. The van der Waals surface area contributed by atoms with E-state index in [-0.39, 0.29) is 59.4 Å². The van der Waals surface area contributed by atoms with Crippen molar-refractivity contribution in [2.75, 3.05) is 23.7 Å². The quantitative estimate of drug-likeness (QED) is 0.242. The van der Waals surface area contributed by atoms with Gasteiger partial charge in [-0.25, -0.2) is 0 Å². The van der Waals surface area contributed by atoms with Gasteiger partial charge >= 0.3 is 0 Å². The lowest BCUT2D eigenvalue weighted by molar-refractivity contribution is -0.124. The molecule has 0 unspecified atom stereocenters. The number of hydrogen-bond acceptors (Lipinski definition) is 8. The van der Waals surface area contributed by atoms with E-state index < -0.39 is 0 Å². The molecule has 0 bridgehead atoms. The molecule has 0 radical (unpaired) electrons. The number of nitrogens with one attached hydrogen (secondary N) is 2. The Morgan fingerprint density at radius 1 is 0.690 bits per heavy atom. The molecular weight excluding hydrogens is 609 g/mol. The predicted octanol–water partition coefficient (Wildman–Crippen LogP) is 5.99. The molecule has 2 aromatic carbocycles. The maximum absolute atomic E-state index is 13.2. The van der Waals surface area contributed by atoms with Crippen molar-refractivity contribution in [1.29, 1.82) is 0 Å². The molecule has 2 aliphatic rings. The van der Waals surface area contributed by atoms with Gasteiger partial charge in [0.1, 0.15) is 8.64 Å². The third-order valence-electron chi connectivity index (χ3n) is 6.79. The summed E-state index contributed by atoms with van der Waals surface area (Å²) in [6.07, 6.45) is 1.28. The van der Waals surface area contributed by atoms with Gasteiger partial charge in [0.25, 0.3) is 11.8 Å². The summed E-state index contributed by atoms with van der Waals surface area (Å²) in [5.41, 5.74) is 5.73. The molecule has 2 heterocycles. The highest BCUT2D eigenvalue weighted by molar-refractivity contribution is 8.29. The Morgan fingerprint density at radius 3 is 1.43 bits per heavy atom. The highest BCUT2D eigenvalue weighted by Gasteiger charge is 2.41. The van der Waals surface area contributed by atoms with Crippen molar-refractivity contribution < 1.29 is 19.2 Å². The molecule has 2 aromatic rings. The molecule has 12 heteroatoms. The summed E-state index contributed by atoms with van der Waals surface area (Å²) in [4.78, 5) is 54.7. The van der Waals surface area contributed by atoms with E-state index in [1.807, 2.05) is 64.1 Å². The number of benzene rings is 2. The Balaban J connectivity index is 1.28. The fourth-order valence-electron chi connectivity index (χ4n) is 4.58. The van der Waals surface area contributed by atoms with Gasteiger partial charge < -0.3 is 10.6 Å². The summed E-state index contributed by atoms with van der Waals surface area (Å²) in [6.45, 7) is 8.40. The third-order valence-corrected chi connectivity index (χ3v) is 9.81. The van der Waals surface area contributed by atoms with Gasteiger partial charge in [-0.05, 0) is 63.8 Å². The highest BCUT2D eigenvalue weighted by Crippen LogP contribution is 2.42. The number of amides is 4. The smallest absolute Gasteiger partial charge is 0.267 e. The van der Waals surface area contributed by atoms with E-state index in [4.69, 9.17) is 24.4 Å². The lowest BCUT2D eigenvalue weighted by Crippen LogP contribution is -2.31. The second-order valence-corrected chi connectivity index (χ2v) is 13.5. The van der Waals surface area contributed by atoms with Gasteiger partial charge in [-0.1, -0.05) is 83.4 Å². The van der Waals surface area contributed by atoms with Crippen molar-refractivity contribution in [3.63, 3.8) is 0 Å². The van der Waals surface area contributed by atoms with Crippen molar-refractivity contribution in [2.24, 2.45) is 0 Å².